The van der Waals surface area contributed by atoms with Gasteiger partial charge in [-0.2, -0.15) is 0 Å². The van der Waals surface area contributed by atoms with Crippen LogP contribution in [0.1, 0.15) is 43.5 Å². The van der Waals surface area contributed by atoms with Crippen molar-refractivity contribution in [3.63, 3.8) is 0 Å². The highest BCUT2D eigenvalue weighted by atomic mass is 16.5. The summed E-state index contributed by atoms with van der Waals surface area (Å²) in [6, 6.07) is 15.0. The maximum atomic E-state index is 12.6. The number of benzene rings is 2. The van der Waals surface area contributed by atoms with E-state index in [0.717, 1.165) is 30.2 Å². The molecular formula is C23H24N2O4. The van der Waals surface area contributed by atoms with Crippen LogP contribution in [0.3, 0.4) is 0 Å². The van der Waals surface area contributed by atoms with Crippen LogP contribution in [0.15, 0.2) is 53.1 Å². The molecule has 29 heavy (non-hydrogen) atoms. The fourth-order valence-corrected chi connectivity index (χ4v) is 4.06. The quantitative estimate of drug-likeness (QED) is 0.614. The molecule has 1 fully saturated rings. The molecule has 2 heterocycles. The summed E-state index contributed by atoms with van der Waals surface area (Å²) >= 11 is 0. The van der Waals surface area contributed by atoms with Crippen molar-refractivity contribution >= 4 is 22.8 Å². The lowest BCUT2D eigenvalue weighted by Crippen LogP contribution is -2.49. The molecule has 1 saturated heterocycles. The Kier molecular flexibility index (Phi) is 5.34. The fraction of sp³-hybridized carbons (Fsp3) is 0.348. The minimum Gasteiger partial charge on any atom is -0.452 e. The molecule has 2 aromatic carbocycles. The first kappa shape index (κ1) is 19.2. The molecule has 1 aliphatic rings. The SMILES string of the molecule is C[C@@H]1CCC[C@@H](C)N1C(=O)COC(=O)c1ccc2noc(-c3ccccc3)c2c1. The zero-order chi connectivity index (χ0) is 20.4. The van der Waals surface area contributed by atoms with Gasteiger partial charge in [0.15, 0.2) is 12.4 Å². The second-order valence-electron chi connectivity index (χ2n) is 7.62. The predicted molar refractivity (Wildman–Crippen MR) is 109 cm³/mol. The first-order valence-electron chi connectivity index (χ1n) is 9.97. The maximum absolute atomic E-state index is 12.6. The first-order chi connectivity index (χ1) is 14.0. The Morgan fingerprint density at radius 2 is 1.83 bits per heavy atom. The zero-order valence-electron chi connectivity index (χ0n) is 16.6. The summed E-state index contributed by atoms with van der Waals surface area (Å²) in [6.45, 7) is 3.83. The van der Waals surface area contributed by atoms with Gasteiger partial charge in [0.05, 0.1) is 10.9 Å². The van der Waals surface area contributed by atoms with Gasteiger partial charge < -0.3 is 14.2 Å². The summed E-state index contributed by atoms with van der Waals surface area (Å²) < 4.78 is 10.8. The van der Waals surface area contributed by atoms with E-state index in [4.69, 9.17) is 9.26 Å². The lowest BCUT2D eigenvalue weighted by atomic mass is 9.97. The molecule has 0 unspecified atom stereocenters. The van der Waals surface area contributed by atoms with Crippen molar-refractivity contribution in [2.24, 2.45) is 0 Å². The topological polar surface area (TPSA) is 72.6 Å². The van der Waals surface area contributed by atoms with E-state index in [1.165, 1.54) is 0 Å². The van der Waals surface area contributed by atoms with Crippen molar-refractivity contribution < 1.29 is 18.8 Å². The highest BCUT2D eigenvalue weighted by Crippen LogP contribution is 2.29. The Labute approximate surface area is 169 Å². The third-order valence-corrected chi connectivity index (χ3v) is 5.56. The van der Waals surface area contributed by atoms with Crippen LogP contribution in [-0.2, 0) is 9.53 Å². The molecule has 150 valence electrons. The molecular weight excluding hydrogens is 368 g/mol. The van der Waals surface area contributed by atoms with E-state index < -0.39 is 5.97 Å². The molecule has 2 atom stereocenters. The minimum atomic E-state index is -0.530. The third-order valence-electron chi connectivity index (χ3n) is 5.56. The number of esters is 1. The number of nitrogens with zero attached hydrogens (tertiary/aromatic N) is 2. The number of fused-ring (bicyclic) bond motifs is 1. The number of piperidine rings is 1. The number of likely N-dealkylation sites (tertiary alicyclic amines) is 1. The Morgan fingerprint density at radius 3 is 2.55 bits per heavy atom. The van der Waals surface area contributed by atoms with Gasteiger partial charge in [-0.25, -0.2) is 4.79 Å². The van der Waals surface area contributed by atoms with Crippen LogP contribution in [-0.4, -0.2) is 40.6 Å². The van der Waals surface area contributed by atoms with Crippen molar-refractivity contribution in [2.45, 2.75) is 45.2 Å². The second kappa shape index (κ2) is 8.07. The lowest BCUT2D eigenvalue weighted by molar-refractivity contribution is -0.140. The van der Waals surface area contributed by atoms with Crippen molar-refractivity contribution in [1.29, 1.82) is 0 Å². The van der Waals surface area contributed by atoms with Crippen LogP contribution in [0, 0.1) is 0 Å². The Morgan fingerprint density at radius 1 is 1.10 bits per heavy atom. The minimum absolute atomic E-state index is 0.144. The van der Waals surface area contributed by atoms with E-state index >= 15 is 0 Å². The average molecular weight is 392 g/mol. The highest BCUT2D eigenvalue weighted by molar-refractivity contribution is 5.99. The Bertz CT molecular complexity index is 1020. The number of carbonyl (C=O) groups excluding carboxylic acids is 2. The molecule has 4 rings (SSSR count). The first-order valence-corrected chi connectivity index (χ1v) is 9.97. The molecule has 0 N–H and O–H groups in total. The van der Waals surface area contributed by atoms with Gasteiger partial charge in [-0.1, -0.05) is 35.5 Å². The van der Waals surface area contributed by atoms with E-state index in [2.05, 4.69) is 5.16 Å². The van der Waals surface area contributed by atoms with Crippen molar-refractivity contribution in [3.05, 3.63) is 54.1 Å². The fourth-order valence-electron chi connectivity index (χ4n) is 4.06. The molecule has 1 amide bonds. The summed E-state index contributed by atoms with van der Waals surface area (Å²) in [5.41, 5.74) is 1.90. The van der Waals surface area contributed by atoms with Crippen LogP contribution in [0.4, 0.5) is 0 Å². The molecule has 0 bridgehead atoms. The largest absolute Gasteiger partial charge is 0.452 e. The van der Waals surface area contributed by atoms with Gasteiger partial charge >= 0.3 is 5.97 Å². The lowest BCUT2D eigenvalue weighted by Gasteiger charge is -2.38. The Hall–Kier alpha value is -3.15. The summed E-state index contributed by atoms with van der Waals surface area (Å²) in [5.74, 6) is -0.0749. The van der Waals surface area contributed by atoms with E-state index in [9.17, 15) is 9.59 Å². The standard InChI is InChI=1S/C23H24N2O4/c1-15-7-6-8-16(2)25(15)21(26)14-28-23(27)18-11-12-20-19(13-18)22(29-24-20)17-9-4-3-5-10-17/h3-5,9-13,15-16H,6-8,14H2,1-2H3/t15-,16-/m1/s1. The summed E-state index contributed by atoms with van der Waals surface area (Å²) in [6.07, 6.45) is 3.08. The number of amides is 1. The zero-order valence-corrected chi connectivity index (χ0v) is 16.6. The number of ether oxygens (including phenoxy) is 1. The number of hydrogen-bond acceptors (Lipinski definition) is 5. The molecule has 0 spiro atoms. The number of hydrogen-bond donors (Lipinski definition) is 0. The van der Waals surface area contributed by atoms with Crippen LogP contribution >= 0.6 is 0 Å². The van der Waals surface area contributed by atoms with E-state index in [-0.39, 0.29) is 24.6 Å². The number of aromatic nitrogens is 1. The van der Waals surface area contributed by atoms with Crippen molar-refractivity contribution in [3.8, 4) is 11.3 Å². The normalized spacial score (nSPS) is 19.3. The molecule has 0 saturated carbocycles. The van der Waals surface area contributed by atoms with Crippen LogP contribution in [0.25, 0.3) is 22.2 Å². The summed E-state index contributed by atoms with van der Waals surface area (Å²) in [4.78, 5) is 27.0. The van der Waals surface area contributed by atoms with Crippen LogP contribution in [0.2, 0.25) is 0 Å². The van der Waals surface area contributed by atoms with E-state index in [0.29, 0.717) is 16.8 Å². The van der Waals surface area contributed by atoms with E-state index in [1.807, 2.05) is 49.1 Å². The van der Waals surface area contributed by atoms with Gasteiger partial charge in [-0.15, -0.1) is 0 Å². The molecule has 0 radical (unpaired) electrons. The van der Waals surface area contributed by atoms with Crippen LogP contribution < -0.4 is 0 Å². The molecule has 1 aromatic heterocycles. The monoisotopic (exact) mass is 392 g/mol. The van der Waals surface area contributed by atoms with Gasteiger partial charge in [0.1, 0.15) is 5.52 Å². The molecule has 0 aliphatic carbocycles. The van der Waals surface area contributed by atoms with E-state index in [1.54, 1.807) is 18.2 Å². The highest BCUT2D eigenvalue weighted by Gasteiger charge is 2.29. The molecule has 6 nitrogen and oxygen atoms in total. The van der Waals surface area contributed by atoms with Gasteiger partial charge in [-0.3, -0.25) is 4.79 Å². The van der Waals surface area contributed by atoms with Gasteiger partial charge in [0.25, 0.3) is 5.91 Å². The summed E-state index contributed by atoms with van der Waals surface area (Å²) in [5, 5.41) is 4.79. The number of rotatable bonds is 4. The smallest absolute Gasteiger partial charge is 0.338 e. The third kappa shape index (κ3) is 3.88. The van der Waals surface area contributed by atoms with Gasteiger partial charge in [-0.05, 0) is 51.3 Å². The molecule has 3 aromatic rings. The predicted octanol–water partition coefficient (Wildman–Crippen LogP) is 4.44. The van der Waals surface area contributed by atoms with Gasteiger partial charge in [0.2, 0.25) is 0 Å². The second-order valence-corrected chi connectivity index (χ2v) is 7.62. The van der Waals surface area contributed by atoms with Crippen molar-refractivity contribution in [2.75, 3.05) is 6.61 Å². The number of carbonyl (C=O) groups is 2. The summed E-state index contributed by atoms with van der Waals surface area (Å²) in [7, 11) is 0. The molecule has 6 heteroatoms. The van der Waals surface area contributed by atoms with Crippen LogP contribution in [0.5, 0.6) is 0 Å². The van der Waals surface area contributed by atoms with Gasteiger partial charge in [0, 0.05) is 17.6 Å². The molecule has 1 aliphatic heterocycles. The van der Waals surface area contributed by atoms with Crippen molar-refractivity contribution in [1.82, 2.24) is 10.1 Å². The maximum Gasteiger partial charge on any atom is 0.338 e. The average Bonchev–Trinajstić information content (AvgIpc) is 3.15. The Balaban J connectivity index is 1.49.